The summed E-state index contributed by atoms with van der Waals surface area (Å²) in [5, 5.41) is 8.50. The van der Waals surface area contributed by atoms with Crippen molar-refractivity contribution in [1.29, 1.82) is 0 Å². The van der Waals surface area contributed by atoms with Gasteiger partial charge in [0.25, 0.3) is 5.91 Å². The first-order chi connectivity index (χ1) is 15.4. The van der Waals surface area contributed by atoms with Crippen molar-refractivity contribution in [3.8, 4) is 17.1 Å². The van der Waals surface area contributed by atoms with Crippen molar-refractivity contribution in [3.63, 3.8) is 0 Å². The SMILES string of the molecule is COc1cccc(-c2noc(CN(C)C(=O)c3ccc(Cn4nc(C)cc4C)cc3)n2)c1. The van der Waals surface area contributed by atoms with Gasteiger partial charge in [-0.15, -0.1) is 0 Å². The lowest BCUT2D eigenvalue weighted by Gasteiger charge is -2.15. The van der Waals surface area contributed by atoms with Gasteiger partial charge < -0.3 is 14.2 Å². The predicted octanol–water partition coefficient (Wildman–Crippen LogP) is 3.88. The molecule has 0 aliphatic heterocycles. The van der Waals surface area contributed by atoms with Crippen LogP contribution < -0.4 is 4.74 Å². The second kappa shape index (κ2) is 9.05. The zero-order chi connectivity index (χ0) is 22.7. The highest BCUT2D eigenvalue weighted by molar-refractivity contribution is 5.94. The Labute approximate surface area is 186 Å². The fourth-order valence-corrected chi connectivity index (χ4v) is 3.45. The number of hydrogen-bond donors (Lipinski definition) is 0. The molecular formula is C24H25N5O3. The van der Waals surface area contributed by atoms with E-state index in [-0.39, 0.29) is 12.5 Å². The van der Waals surface area contributed by atoms with Crippen molar-refractivity contribution in [1.82, 2.24) is 24.8 Å². The molecule has 0 unspecified atom stereocenters. The molecule has 0 aliphatic carbocycles. The molecule has 1 amide bonds. The first-order valence-electron chi connectivity index (χ1n) is 10.3. The van der Waals surface area contributed by atoms with Crippen LogP contribution in [-0.4, -0.2) is 44.9 Å². The smallest absolute Gasteiger partial charge is 0.254 e. The van der Waals surface area contributed by atoms with Crippen LogP contribution in [0.3, 0.4) is 0 Å². The van der Waals surface area contributed by atoms with Crippen molar-refractivity contribution < 1.29 is 14.1 Å². The number of aryl methyl sites for hydroxylation is 2. The van der Waals surface area contributed by atoms with Gasteiger partial charge in [-0.1, -0.05) is 29.4 Å². The number of benzene rings is 2. The Bertz CT molecular complexity index is 1230. The van der Waals surface area contributed by atoms with Crippen LogP contribution in [0.1, 0.15) is 33.2 Å². The minimum atomic E-state index is -0.121. The first kappa shape index (κ1) is 21.3. The summed E-state index contributed by atoms with van der Waals surface area (Å²) in [5.41, 5.74) is 4.56. The number of hydrogen-bond acceptors (Lipinski definition) is 6. The van der Waals surface area contributed by atoms with Crippen LogP contribution >= 0.6 is 0 Å². The summed E-state index contributed by atoms with van der Waals surface area (Å²) >= 11 is 0. The molecule has 0 atom stereocenters. The number of amides is 1. The van der Waals surface area contributed by atoms with Crippen molar-refractivity contribution in [2.45, 2.75) is 26.9 Å². The fourth-order valence-electron chi connectivity index (χ4n) is 3.45. The maximum atomic E-state index is 12.8. The van der Waals surface area contributed by atoms with E-state index >= 15 is 0 Å². The number of methoxy groups -OCH3 is 1. The molecule has 0 bridgehead atoms. The molecule has 0 spiro atoms. The highest BCUT2D eigenvalue weighted by Crippen LogP contribution is 2.21. The summed E-state index contributed by atoms with van der Waals surface area (Å²) in [6, 6.07) is 17.0. The molecule has 164 valence electrons. The number of carbonyl (C=O) groups excluding carboxylic acids is 1. The molecule has 2 aromatic heterocycles. The highest BCUT2D eigenvalue weighted by atomic mass is 16.5. The van der Waals surface area contributed by atoms with Gasteiger partial charge in [-0.25, -0.2) is 0 Å². The molecule has 0 N–H and O–H groups in total. The van der Waals surface area contributed by atoms with Crippen molar-refractivity contribution in [2.24, 2.45) is 0 Å². The molecule has 32 heavy (non-hydrogen) atoms. The van der Waals surface area contributed by atoms with Crippen LogP contribution in [0.5, 0.6) is 5.75 Å². The lowest BCUT2D eigenvalue weighted by molar-refractivity contribution is 0.0769. The average molecular weight is 431 g/mol. The van der Waals surface area contributed by atoms with Crippen LogP contribution in [0.2, 0.25) is 0 Å². The van der Waals surface area contributed by atoms with Crippen LogP contribution in [0.15, 0.2) is 59.1 Å². The van der Waals surface area contributed by atoms with Gasteiger partial charge in [-0.3, -0.25) is 9.48 Å². The molecule has 0 saturated carbocycles. The molecule has 2 aromatic carbocycles. The summed E-state index contributed by atoms with van der Waals surface area (Å²) < 4.78 is 12.5. The summed E-state index contributed by atoms with van der Waals surface area (Å²) in [6.07, 6.45) is 0. The van der Waals surface area contributed by atoms with Gasteiger partial charge in [0, 0.05) is 23.9 Å². The largest absolute Gasteiger partial charge is 0.497 e. The summed E-state index contributed by atoms with van der Waals surface area (Å²) in [7, 11) is 3.31. The normalized spacial score (nSPS) is 10.9. The third-order valence-electron chi connectivity index (χ3n) is 5.15. The van der Waals surface area contributed by atoms with E-state index in [4.69, 9.17) is 9.26 Å². The minimum Gasteiger partial charge on any atom is -0.497 e. The van der Waals surface area contributed by atoms with Gasteiger partial charge in [-0.2, -0.15) is 10.1 Å². The van der Waals surface area contributed by atoms with Gasteiger partial charge >= 0.3 is 0 Å². The Balaban J connectivity index is 1.40. The van der Waals surface area contributed by atoms with E-state index in [1.165, 1.54) is 0 Å². The van der Waals surface area contributed by atoms with Crippen LogP contribution in [0.25, 0.3) is 11.4 Å². The maximum absolute atomic E-state index is 12.8. The van der Waals surface area contributed by atoms with Crippen molar-refractivity contribution in [3.05, 3.63) is 83.0 Å². The van der Waals surface area contributed by atoms with Gasteiger partial charge in [0.15, 0.2) is 0 Å². The average Bonchev–Trinajstić information content (AvgIpc) is 3.39. The first-order valence-corrected chi connectivity index (χ1v) is 10.3. The van der Waals surface area contributed by atoms with E-state index in [0.29, 0.717) is 29.6 Å². The third-order valence-corrected chi connectivity index (χ3v) is 5.15. The predicted molar refractivity (Wildman–Crippen MR) is 119 cm³/mol. The molecule has 2 heterocycles. The molecule has 0 radical (unpaired) electrons. The molecule has 8 nitrogen and oxygen atoms in total. The standard InChI is InChI=1S/C24H25N5O3/c1-16-12-17(2)29(26-16)14-18-8-10-19(11-9-18)24(30)28(3)15-22-25-23(27-32-22)20-6-5-7-21(13-20)31-4/h5-13H,14-15H2,1-4H3. The van der Waals surface area contributed by atoms with E-state index in [0.717, 1.165) is 22.5 Å². The maximum Gasteiger partial charge on any atom is 0.254 e. The fraction of sp³-hybridized carbons (Fsp3) is 0.250. The Morgan fingerprint density at radius 2 is 1.91 bits per heavy atom. The summed E-state index contributed by atoms with van der Waals surface area (Å²) in [4.78, 5) is 18.8. The molecule has 4 aromatic rings. The number of aromatic nitrogens is 4. The summed E-state index contributed by atoms with van der Waals surface area (Å²) in [6.45, 7) is 4.89. The number of carbonyl (C=O) groups is 1. The van der Waals surface area contributed by atoms with Gasteiger partial charge in [-0.05, 0) is 49.7 Å². The number of nitrogens with zero attached hydrogens (tertiary/aromatic N) is 5. The highest BCUT2D eigenvalue weighted by Gasteiger charge is 2.17. The monoisotopic (exact) mass is 431 g/mol. The van der Waals surface area contributed by atoms with E-state index in [1.807, 2.05) is 73.1 Å². The van der Waals surface area contributed by atoms with Gasteiger partial charge in [0.2, 0.25) is 11.7 Å². The van der Waals surface area contributed by atoms with Gasteiger partial charge in [0.1, 0.15) is 5.75 Å². The molecule has 0 saturated heterocycles. The summed E-state index contributed by atoms with van der Waals surface area (Å²) in [5.74, 6) is 1.40. The van der Waals surface area contributed by atoms with E-state index < -0.39 is 0 Å². The zero-order valence-corrected chi connectivity index (χ0v) is 18.6. The van der Waals surface area contributed by atoms with Crippen molar-refractivity contribution >= 4 is 5.91 Å². The van der Waals surface area contributed by atoms with E-state index in [2.05, 4.69) is 15.2 Å². The molecular weight excluding hydrogens is 406 g/mol. The lowest BCUT2D eigenvalue weighted by atomic mass is 10.1. The number of ether oxygens (including phenoxy) is 1. The second-order valence-electron chi connectivity index (χ2n) is 7.69. The Kier molecular flexibility index (Phi) is 6.02. The van der Waals surface area contributed by atoms with Gasteiger partial charge in [0.05, 0.1) is 25.9 Å². The third kappa shape index (κ3) is 4.69. The molecule has 0 aliphatic rings. The molecule has 0 fully saturated rings. The second-order valence-corrected chi connectivity index (χ2v) is 7.69. The Morgan fingerprint density at radius 1 is 1.12 bits per heavy atom. The Hall–Kier alpha value is -3.94. The minimum absolute atomic E-state index is 0.121. The van der Waals surface area contributed by atoms with E-state index in [9.17, 15) is 4.79 Å². The van der Waals surface area contributed by atoms with E-state index in [1.54, 1.807) is 19.1 Å². The lowest BCUT2D eigenvalue weighted by Crippen LogP contribution is -2.26. The van der Waals surface area contributed by atoms with Crippen LogP contribution in [-0.2, 0) is 13.1 Å². The van der Waals surface area contributed by atoms with Crippen LogP contribution in [0, 0.1) is 13.8 Å². The topological polar surface area (TPSA) is 86.3 Å². The zero-order valence-electron chi connectivity index (χ0n) is 18.6. The molecule has 4 rings (SSSR count). The number of rotatable bonds is 7. The van der Waals surface area contributed by atoms with Crippen LogP contribution in [0.4, 0.5) is 0 Å². The Morgan fingerprint density at radius 3 is 2.59 bits per heavy atom. The quantitative estimate of drug-likeness (QED) is 0.441. The van der Waals surface area contributed by atoms with Crippen molar-refractivity contribution in [2.75, 3.05) is 14.2 Å². The molecule has 8 heteroatoms.